The lowest BCUT2D eigenvalue weighted by Gasteiger charge is -2.00. The molecule has 0 aliphatic rings. The number of carbonyl (C=O) groups is 1. The highest BCUT2D eigenvalue weighted by molar-refractivity contribution is 6.01. The van der Waals surface area contributed by atoms with Gasteiger partial charge in [-0.2, -0.15) is 0 Å². The van der Waals surface area contributed by atoms with Crippen molar-refractivity contribution in [2.75, 3.05) is 7.11 Å². The number of oxazole rings is 1. The minimum absolute atomic E-state index is 0.133. The number of aromatic amines is 1. The molecule has 0 atom stereocenters. The second-order valence-corrected chi connectivity index (χ2v) is 2.81. The number of hydrogen-bond donors (Lipinski definition) is 1. The molecule has 15 heavy (non-hydrogen) atoms. The average molecular weight is 211 g/mol. The number of fused-ring (bicyclic) bond motifs is 1. The standard InChI is InChI=1S/C9H6FNO4/c1-14-8(12)6-4(10)2-3-5-7(6)15-9(13)11-5/h2-3H,1H3,(H,11,13). The van der Waals surface area contributed by atoms with E-state index < -0.39 is 17.5 Å². The van der Waals surface area contributed by atoms with Gasteiger partial charge < -0.3 is 9.15 Å². The van der Waals surface area contributed by atoms with Gasteiger partial charge in [0.1, 0.15) is 11.4 Å². The van der Waals surface area contributed by atoms with E-state index in [0.717, 1.165) is 13.2 Å². The molecule has 2 aromatic rings. The molecule has 2 rings (SSSR count). The van der Waals surface area contributed by atoms with Crippen molar-refractivity contribution in [3.05, 3.63) is 34.1 Å². The molecule has 1 heterocycles. The van der Waals surface area contributed by atoms with E-state index in [1.54, 1.807) is 0 Å². The molecular formula is C9H6FNO4. The van der Waals surface area contributed by atoms with Crippen LogP contribution in [0.5, 0.6) is 0 Å². The van der Waals surface area contributed by atoms with E-state index in [-0.39, 0.29) is 16.7 Å². The SMILES string of the molecule is COC(=O)c1c(F)ccc2[nH]c(=O)oc12. The largest absolute Gasteiger partial charge is 0.465 e. The first-order chi connectivity index (χ1) is 7.13. The second-order valence-electron chi connectivity index (χ2n) is 2.81. The first-order valence-corrected chi connectivity index (χ1v) is 4.03. The topological polar surface area (TPSA) is 72.3 Å². The number of benzene rings is 1. The van der Waals surface area contributed by atoms with Crippen LogP contribution in [0.2, 0.25) is 0 Å². The van der Waals surface area contributed by atoms with Gasteiger partial charge in [0.15, 0.2) is 5.58 Å². The van der Waals surface area contributed by atoms with Crippen LogP contribution >= 0.6 is 0 Å². The van der Waals surface area contributed by atoms with Crippen molar-refractivity contribution in [1.29, 1.82) is 0 Å². The van der Waals surface area contributed by atoms with Crippen molar-refractivity contribution < 1.29 is 18.3 Å². The lowest BCUT2D eigenvalue weighted by molar-refractivity contribution is 0.0596. The van der Waals surface area contributed by atoms with Crippen molar-refractivity contribution in [2.24, 2.45) is 0 Å². The maximum Gasteiger partial charge on any atom is 0.417 e. The number of halogens is 1. The third kappa shape index (κ3) is 1.39. The predicted octanol–water partition coefficient (Wildman–Crippen LogP) is 1.05. The minimum Gasteiger partial charge on any atom is -0.465 e. The Morgan fingerprint density at radius 1 is 1.53 bits per heavy atom. The number of aromatic nitrogens is 1. The summed E-state index contributed by atoms with van der Waals surface area (Å²) >= 11 is 0. The minimum atomic E-state index is -0.888. The van der Waals surface area contributed by atoms with Crippen LogP contribution in [0.3, 0.4) is 0 Å². The molecule has 78 valence electrons. The molecule has 0 aliphatic heterocycles. The Hall–Kier alpha value is -2.11. The van der Waals surface area contributed by atoms with E-state index >= 15 is 0 Å². The molecule has 0 aliphatic carbocycles. The number of carbonyl (C=O) groups excluding carboxylic acids is 1. The van der Waals surface area contributed by atoms with Gasteiger partial charge in [-0.25, -0.2) is 14.0 Å². The highest BCUT2D eigenvalue weighted by atomic mass is 19.1. The van der Waals surface area contributed by atoms with Crippen molar-refractivity contribution >= 4 is 17.1 Å². The number of nitrogens with one attached hydrogen (secondary N) is 1. The van der Waals surface area contributed by atoms with Gasteiger partial charge in [0, 0.05) is 0 Å². The molecule has 0 bridgehead atoms. The monoisotopic (exact) mass is 211 g/mol. The Morgan fingerprint density at radius 3 is 2.93 bits per heavy atom. The van der Waals surface area contributed by atoms with Crippen LogP contribution < -0.4 is 5.76 Å². The van der Waals surface area contributed by atoms with Crippen LogP contribution in [0, 0.1) is 5.82 Å². The summed E-state index contributed by atoms with van der Waals surface area (Å²) in [5, 5.41) is 0. The molecule has 0 radical (unpaired) electrons. The molecule has 0 saturated carbocycles. The summed E-state index contributed by atoms with van der Waals surface area (Å²) in [6, 6.07) is 2.36. The highest BCUT2D eigenvalue weighted by Gasteiger charge is 2.19. The Kier molecular flexibility index (Phi) is 2.03. The van der Waals surface area contributed by atoms with Gasteiger partial charge in [0.2, 0.25) is 0 Å². The quantitative estimate of drug-likeness (QED) is 0.715. The molecule has 0 saturated heterocycles. The zero-order valence-electron chi connectivity index (χ0n) is 7.67. The van der Waals surface area contributed by atoms with Crippen molar-refractivity contribution in [3.63, 3.8) is 0 Å². The van der Waals surface area contributed by atoms with Gasteiger partial charge in [0.05, 0.1) is 12.6 Å². The summed E-state index contributed by atoms with van der Waals surface area (Å²) in [7, 11) is 1.12. The number of methoxy groups -OCH3 is 1. The fourth-order valence-corrected chi connectivity index (χ4v) is 1.28. The molecule has 0 unspecified atom stereocenters. The van der Waals surface area contributed by atoms with E-state index in [4.69, 9.17) is 0 Å². The highest BCUT2D eigenvalue weighted by Crippen LogP contribution is 2.19. The van der Waals surface area contributed by atoms with E-state index in [9.17, 15) is 14.0 Å². The van der Waals surface area contributed by atoms with Crippen molar-refractivity contribution in [2.45, 2.75) is 0 Å². The number of esters is 1. The molecular weight excluding hydrogens is 205 g/mol. The summed E-state index contributed by atoms with van der Waals surface area (Å²) in [6.45, 7) is 0. The van der Waals surface area contributed by atoms with E-state index in [1.165, 1.54) is 6.07 Å². The number of H-pyrrole nitrogens is 1. The third-order valence-electron chi connectivity index (χ3n) is 1.93. The van der Waals surface area contributed by atoms with Crippen LogP contribution in [0.25, 0.3) is 11.1 Å². The normalized spacial score (nSPS) is 10.5. The fraction of sp³-hybridized carbons (Fsp3) is 0.111. The molecule has 0 spiro atoms. The van der Waals surface area contributed by atoms with Gasteiger partial charge in [-0.3, -0.25) is 4.98 Å². The Morgan fingerprint density at radius 2 is 2.27 bits per heavy atom. The third-order valence-corrected chi connectivity index (χ3v) is 1.93. The number of rotatable bonds is 1. The smallest absolute Gasteiger partial charge is 0.417 e. The van der Waals surface area contributed by atoms with Gasteiger partial charge in [-0.15, -0.1) is 0 Å². The van der Waals surface area contributed by atoms with E-state index in [1.807, 2.05) is 0 Å². The van der Waals surface area contributed by atoms with Gasteiger partial charge >= 0.3 is 11.7 Å². The molecule has 0 fully saturated rings. The van der Waals surface area contributed by atoms with Crippen LogP contribution in [-0.4, -0.2) is 18.1 Å². The van der Waals surface area contributed by atoms with E-state index in [2.05, 4.69) is 14.1 Å². The average Bonchev–Trinajstić information content (AvgIpc) is 2.57. The lowest BCUT2D eigenvalue weighted by Crippen LogP contribution is -2.04. The Bertz CT molecular complexity index is 583. The summed E-state index contributed by atoms with van der Waals surface area (Å²) < 4.78 is 22.3. The molecule has 0 amide bonds. The van der Waals surface area contributed by atoms with Gasteiger partial charge in [0.25, 0.3) is 0 Å². The van der Waals surface area contributed by atoms with Gasteiger partial charge in [-0.1, -0.05) is 0 Å². The second kappa shape index (κ2) is 3.23. The van der Waals surface area contributed by atoms with E-state index in [0.29, 0.717) is 0 Å². The molecule has 6 heteroatoms. The number of hydrogen-bond acceptors (Lipinski definition) is 4. The maximum atomic E-state index is 13.3. The molecule has 1 aromatic heterocycles. The summed E-state index contributed by atoms with van der Waals surface area (Å²) in [6.07, 6.45) is 0. The lowest BCUT2D eigenvalue weighted by atomic mass is 10.2. The predicted molar refractivity (Wildman–Crippen MR) is 48.1 cm³/mol. The van der Waals surface area contributed by atoms with Crippen LogP contribution in [-0.2, 0) is 4.74 Å². The molecule has 5 nitrogen and oxygen atoms in total. The maximum absolute atomic E-state index is 13.3. The van der Waals surface area contributed by atoms with Crippen molar-refractivity contribution in [1.82, 2.24) is 4.98 Å². The molecule has 1 aromatic carbocycles. The zero-order chi connectivity index (χ0) is 11.0. The zero-order valence-corrected chi connectivity index (χ0v) is 7.67. The van der Waals surface area contributed by atoms with Crippen LogP contribution in [0.4, 0.5) is 4.39 Å². The number of ether oxygens (including phenoxy) is 1. The molecule has 1 N–H and O–H groups in total. The Balaban J connectivity index is 2.84. The first-order valence-electron chi connectivity index (χ1n) is 4.03. The Labute approximate surface area is 82.5 Å². The summed E-state index contributed by atoms with van der Waals surface area (Å²) in [4.78, 5) is 24.4. The van der Waals surface area contributed by atoms with Crippen molar-refractivity contribution in [3.8, 4) is 0 Å². The fourth-order valence-electron chi connectivity index (χ4n) is 1.28. The summed E-state index contributed by atoms with van der Waals surface area (Å²) in [5.41, 5.74) is -0.262. The van der Waals surface area contributed by atoms with Crippen LogP contribution in [0.15, 0.2) is 21.3 Å². The first kappa shape index (κ1) is 9.45. The van der Waals surface area contributed by atoms with Crippen LogP contribution in [0.1, 0.15) is 10.4 Å². The van der Waals surface area contributed by atoms with Gasteiger partial charge in [-0.05, 0) is 12.1 Å². The summed E-state index contributed by atoms with van der Waals surface area (Å²) in [5.74, 6) is -2.43.